The minimum atomic E-state index is 0.630. The number of benzene rings is 1. The maximum Gasteiger partial charge on any atom is 0.119 e. The van der Waals surface area contributed by atoms with Crippen molar-refractivity contribution in [3.8, 4) is 11.5 Å². The van der Waals surface area contributed by atoms with Crippen molar-refractivity contribution in [2.24, 2.45) is 0 Å². The molecule has 1 heterocycles. The Hall–Kier alpha value is -2.01. The second kappa shape index (κ2) is 7.55. The zero-order valence-corrected chi connectivity index (χ0v) is 12.0. The highest BCUT2D eigenvalue weighted by Crippen LogP contribution is 2.17. The van der Waals surface area contributed by atoms with Crippen molar-refractivity contribution in [2.45, 2.75) is 20.4 Å². The predicted octanol–water partition coefficient (Wildman–Crippen LogP) is 2.29. The molecule has 2 rings (SSSR count). The molecule has 5 heteroatoms. The summed E-state index contributed by atoms with van der Waals surface area (Å²) >= 11 is 0. The van der Waals surface area contributed by atoms with Crippen LogP contribution in [0.1, 0.15) is 18.2 Å². The number of aryl methyl sites for hydroxylation is 1. The molecule has 0 aliphatic carbocycles. The number of ether oxygens (including phenoxy) is 2. The molecule has 0 bridgehead atoms. The fraction of sp³-hybridized carbons (Fsp3) is 0.400. The van der Waals surface area contributed by atoms with Crippen molar-refractivity contribution >= 4 is 0 Å². The van der Waals surface area contributed by atoms with E-state index in [1.54, 1.807) is 0 Å². The van der Waals surface area contributed by atoms with Crippen LogP contribution in [0.5, 0.6) is 11.5 Å². The van der Waals surface area contributed by atoms with E-state index in [9.17, 15) is 0 Å². The van der Waals surface area contributed by atoms with E-state index >= 15 is 0 Å². The summed E-state index contributed by atoms with van der Waals surface area (Å²) < 4.78 is 11.0. The Balaban J connectivity index is 1.64. The third-order valence-electron chi connectivity index (χ3n) is 2.93. The molecule has 0 unspecified atom stereocenters. The molecule has 0 radical (unpaired) electrons. The summed E-state index contributed by atoms with van der Waals surface area (Å²) in [7, 11) is 0. The lowest BCUT2D eigenvalue weighted by Gasteiger charge is -2.08. The van der Waals surface area contributed by atoms with Crippen molar-refractivity contribution in [1.29, 1.82) is 0 Å². The average Bonchev–Trinajstić information content (AvgIpc) is 2.86. The van der Waals surface area contributed by atoms with Gasteiger partial charge in [-0.15, -0.1) is 0 Å². The Bertz CT molecular complexity index is 508. The third-order valence-corrected chi connectivity index (χ3v) is 2.93. The van der Waals surface area contributed by atoms with E-state index in [2.05, 4.69) is 15.5 Å². The van der Waals surface area contributed by atoms with E-state index in [-0.39, 0.29) is 0 Å². The topological polar surface area (TPSA) is 59.2 Å². The van der Waals surface area contributed by atoms with Crippen LogP contribution in [0.15, 0.2) is 30.5 Å². The highest BCUT2D eigenvalue weighted by Gasteiger charge is 1.99. The van der Waals surface area contributed by atoms with Gasteiger partial charge in [0.15, 0.2) is 0 Å². The average molecular weight is 275 g/mol. The quantitative estimate of drug-likeness (QED) is 0.726. The fourth-order valence-electron chi connectivity index (χ4n) is 1.82. The summed E-state index contributed by atoms with van der Waals surface area (Å²) in [6, 6.07) is 7.68. The first-order valence-corrected chi connectivity index (χ1v) is 6.85. The van der Waals surface area contributed by atoms with Crippen molar-refractivity contribution < 1.29 is 9.47 Å². The molecule has 0 atom stereocenters. The van der Waals surface area contributed by atoms with Crippen LogP contribution in [-0.2, 0) is 6.54 Å². The second-order valence-electron chi connectivity index (χ2n) is 4.45. The number of hydrogen-bond donors (Lipinski definition) is 2. The minimum absolute atomic E-state index is 0.630. The van der Waals surface area contributed by atoms with Crippen molar-refractivity contribution in [1.82, 2.24) is 15.5 Å². The molecule has 0 amide bonds. The monoisotopic (exact) mass is 275 g/mol. The van der Waals surface area contributed by atoms with Crippen molar-refractivity contribution in [2.75, 3.05) is 19.8 Å². The molecule has 0 saturated carbocycles. The van der Waals surface area contributed by atoms with Gasteiger partial charge < -0.3 is 14.8 Å². The van der Waals surface area contributed by atoms with Gasteiger partial charge in [-0.05, 0) is 38.1 Å². The number of aromatic amines is 1. The second-order valence-corrected chi connectivity index (χ2v) is 4.45. The Labute approximate surface area is 119 Å². The van der Waals surface area contributed by atoms with E-state index in [0.29, 0.717) is 13.2 Å². The summed E-state index contributed by atoms with van der Waals surface area (Å²) in [4.78, 5) is 0. The summed E-state index contributed by atoms with van der Waals surface area (Å²) in [5, 5.41) is 10.2. The molecule has 2 aromatic rings. The fourth-order valence-corrected chi connectivity index (χ4v) is 1.82. The van der Waals surface area contributed by atoms with Gasteiger partial charge in [-0.3, -0.25) is 5.10 Å². The Morgan fingerprint density at radius 1 is 1.15 bits per heavy atom. The minimum Gasteiger partial charge on any atom is -0.494 e. The molecular weight excluding hydrogens is 254 g/mol. The Morgan fingerprint density at radius 2 is 1.85 bits per heavy atom. The molecular formula is C15H21N3O2. The summed E-state index contributed by atoms with van der Waals surface area (Å²) in [6.07, 6.45) is 1.84. The first-order chi connectivity index (χ1) is 9.79. The molecule has 0 fully saturated rings. The van der Waals surface area contributed by atoms with E-state index < -0.39 is 0 Å². The summed E-state index contributed by atoms with van der Waals surface area (Å²) in [5.41, 5.74) is 2.29. The molecule has 2 N–H and O–H groups in total. The molecule has 0 aliphatic rings. The van der Waals surface area contributed by atoms with Gasteiger partial charge in [0.1, 0.15) is 18.1 Å². The van der Waals surface area contributed by atoms with Gasteiger partial charge in [-0.25, -0.2) is 0 Å². The largest absolute Gasteiger partial charge is 0.494 e. The van der Waals surface area contributed by atoms with Crippen LogP contribution in [0.4, 0.5) is 0 Å². The lowest BCUT2D eigenvalue weighted by atomic mass is 10.3. The number of nitrogens with zero attached hydrogens (tertiary/aromatic N) is 1. The number of H-pyrrole nitrogens is 1. The molecule has 0 spiro atoms. The van der Waals surface area contributed by atoms with E-state index in [0.717, 1.165) is 30.3 Å². The van der Waals surface area contributed by atoms with Gasteiger partial charge in [0.25, 0.3) is 0 Å². The Kier molecular flexibility index (Phi) is 5.43. The van der Waals surface area contributed by atoms with Gasteiger partial charge in [0.2, 0.25) is 0 Å². The summed E-state index contributed by atoms with van der Waals surface area (Å²) in [5.74, 6) is 1.73. The number of hydrogen-bond acceptors (Lipinski definition) is 4. The van der Waals surface area contributed by atoms with Crippen molar-refractivity contribution in [3.63, 3.8) is 0 Å². The maximum atomic E-state index is 5.65. The van der Waals surface area contributed by atoms with Crippen LogP contribution in [-0.4, -0.2) is 30.0 Å². The SMILES string of the molecule is CCOc1ccc(OCCNCc2cn[nH]c2C)cc1. The van der Waals surface area contributed by atoms with Crippen LogP contribution < -0.4 is 14.8 Å². The van der Waals surface area contributed by atoms with Crippen LogP contribution in [0.2, 0.25) is 0 Å². The number of aromatic nitrogens is 2. The van der Waals surface area contributed by atoms with Gasteiger partial charge >= 0.3 is 0 Å². The standard InChI is InChI=1S/C15H21N3O2/c1-3-19-14-4-6-15(7-5-14)20-9-8-16-10-13-11-17-18-12(13)2/h4-7,11,16H,3,8-10H2,1-2H3,(H,17,18). The molecule has 1 aromatic heterocycles. The smallest absolute Gasteiger partial charge is 0.119 e. The molecule has 1 aromatic carbocycles. The molecule has 0 aliphatic heterocycles. The van der Waals surface area contributed by atoms with Crippen LogP contribution in [0.3, 0.4) is 0 Å². The van der Waals surface area contributed by atoms with Gasteiger partial charge in [0.05, 0.1) is 12.8 Å². The van der Waals surface area contributed by atoms with E-state index in [1.807, 2.05) is 44.3 Å². The molecule has 0 saturated heterocycles. The predicted molar refractivity (Wildman–Crippen MR) is 78.1 cm³/mol. The maximum absolute atomic E-state index is 5.65. The zero-order valence-electron chi connectivity index (χ0n) is 12.0. The van der Waals surface area contributed by atoms with Gasteiger partial charge in [-0.2, -0.15) is 5.10 Å². The lowest BCUT2D eigenvalue weighted by molar-refractivity contribution is 0.311. The first-order valence-electron chi connectivity index (χ1n) is 6.85. The third kappa shape index (κ3) is 4.28. The molecule has 5 nitrogen and oxygen atoms in total. The van der Waals surface area contributed by atoms with Gasteiger partial charge in [-0.1, -0.05) is 0 Å². The highest BCUT2D eigenvalue weighted by molar-refractivity contribution is 5.31. The van der Waals surface area contributed by atoms with Crippen molar-refractivity contribution in [3.05, 3.63) is 41.7 Å². The number of nitrogens with one attached hydrogen (secondary N) is 2. The van der Waals surface area contributed by atoms with Crippen LogP contribution >= 0.6 is 0 Å². The zero-order chi connectivity index (χ0) is 14.2. The Morgan fingerprint density at radius 3 is 2.45 bits per heavy atom. The normalized spacial score (nSPS) is 10.5. The van der Waals surface area contributed by atoms with E-state index in [1.165, 1.54) is 5.56 Å². The molecule has 20 heavy (non-hydrogen) atoms. The van der Waals surface area contributed by atoms with E-state index in [4.69, 9.17) is 9.47 Å². The number of rotatable bonds is 8. The highest BCUT2D eigenvalue weighted by atomic mass is 16.5. The first kappa shape index (κ1) is 14.4. The van der Waals surface area contributed by atoms with Crippen LogP contribution in [0.25, 0.3) is 0 Å². The van der Waals surface area contributed by atoms with Gasteiger partial charge in [0, 0.05) is 24.3 Å². The van der Waals surface area contributed by atoms with Crippen LogP contribution in [0, 0.1) is 6.92 Å². The summed E-state index contributed by atoms with van der Waals surface area (Å²) in [6.45, 7) is 6.88. The lowest BCUT2D eigenvalue weighted by Crippen LogP contribution is -2.20. The molecule has 108 valence electrons.